The third-order valence-electron chi connectivity index (χ3n) is 3.14. The van der Waals surface area contributed by atoms with Crippen LogP contribution in [-0.2, 0) is 7.05 Å². The van der Waals surface area contributed by atoms with Gasteiger partial charge in [0.05, 0.1) is 17.6 Å². The number of aryl methyl sites for hydroxylation is 1. The van der Waals surface area contributed by atoms with Gasteiger partial charge in [-0.25, -0.2) is 4.98 Å². The average molecular weight is 297 g/mol. The molecule has 0 saturated carbocycles. The van der Waals surface area contributed by atoms with E-state index in [1.165, 1.54) is 4.57 Å². The van der Waals surface area contributed by atoms with Crippen LogP contribution >= 0.6 is 11.6 Å². The highest BCUT2D eigenvalue weighted by atomic mass is 35.5. The predicted octanol–water partition coefficient (Wildman–Crippen LogP) is 2.08. The standard InChI is InChI=1S/C14H17ClN2O3/c1-8(2)9-6-12(19)17(3)10-7-11(20-5-4-18)14(15)16-13(9)10/h6-8,18H,4-5H2,1-3H3. The van der Waals surface area contributed by atoms with E-state index in [-0.39, 0.29) is 29.8 Å². The average Bonchev–Trinajstić information content (AvgIpc) is 2.40. The quantitative estimate of drug-likeness (QED) is 0.877. The number of nitrogens with zero attached hydrogens (tertiary/aromatic N) is 2. The zero-order valence-electron chi connectivity index (χ0n) is 11.7. The lowest BCUT2D eigenvalue weighted by Gasteiger charge is -2.14. The van der Waals surface area contributed by atoms with Gasteiger partial charge in [0.2, 0.25) is 0 Å². The van der Waals surface area contributed by atoms with Crippen LogP contribution < -0.4 is 10.3 Å². The molecule has 0 aromatic carbocycles. The maximum atomic E-state index is 12.0. The summed E-state index contributed by atoms with van der Waals surface area (Å²) < 4.78 is 6.84. The largest absolute Gasteiger partial charge is 0.488 e. The van der Waals surface area contributed by atoms with Gasteiger partial charge in [0.25, 0.3) is 5.56 Å². The van der Waals surface area contributed by atoms with Crippen molar-refractivity contribution in [3.63, 3.8) is 0 Å². The van der Waals surface area contributed by atoms with Gasteiger partial charge in [0, 0.05) is 19.2 Å². The van der Waals surface area contributed by atoms with Crippen molar-refractivity contribution in [2.45, 2.75) is 19.8 Å². The molecule has 108 valence electrons. The van der Waals surface area contributed by atoms with Crippen LogP contribution in [0.2, 0.25) is 5.15 Å². The van der Waals surface area contributed by atoms with Crippen LogP contribution in [0.3, 0.4) is 0 Å². The molecule has 0 bridgehead atoms. The summed E-state index contributed by atoms with van der Waals surface area (Å²) in [6, 6.07) is 3.28. The number of ether oxygens (including phenoxy) is 1. The fourth-order valence-corrected chi connectivity index (χ4v) is 2.24. The number of hydrogen-bond acceptors (Lipinski definition) is 4. The zero-order valence-corrected chi connectivity index (χ0v) is 12.4. The van der Waals surface area contributed by atoms with Crippen LogP contribution in [0.5, 0.6) is 5.75 Å². The zero-order chi connectivity index (χ0) is 14.9. The molecular weight excluding hydrogens is 280 g/mol. The van der Waals surface area contributed by atoms with Crippen molar-refractivity contribution in [1.82, 2.24) is 9.55 Å². The minimum atomic E-state index is -0.112. The second-order valence-electron chi connectivity index (χ2n) is 4.87. The minimum Gasteiger partial charge on any atom is -0.488 e. The van der Waals surface area contributed by atoms with Gasteiger partial charge in [-0.05, 0) is 11.5 Å². The van der Waals surface area contributed by atoms with Crippen LogP contribution in [-0.4, -0.2) is 27.9 Å². The first kappa shape index (κ1) is 14.8. The topological polar surface area (TPSA) is 64.3 Å². The van der Waals surface area contributed by atoms with Crippen molar-refractivity contribution < 1.29 is 9.84 Å². The smallest absolute Gasteiger partial charge is 0.251 e. The van der Waals surface area contributed by atoms with Crippen molar-refractivity contribution in [2.24, 2.45) is 7.05 Å². The van der Waals surface area contributed by atoms with Gasteiger partial charge in [-0.3, -0.25) is 4.79 Å². The molecule has 0 radical (unpaired) electrons. The molecule has 2 rings (SSSR count). The Morgan fingerprint density at radius 2 is 2.15 bits per heavy atom. The molecule has 2 aromatic heterocycles. The number of fused-ring (bicyclic) bond motifs is 1. The molecule has 0 spiro atoms. The Morgan fingerprint density at radius 1 is 1.45 bits per heavy atom. The Morgan fingerprint density at radius 3 is 2.75 bits per heavy atom. The Hall–Kier alpha value is -1.59. The maximum absolute atomic E-state index is 12.0. The molecule has 20 heavy (non-hydrogen) atoms. The van der Waals surface area contributed by atoms with Gasteiger partial charge >= 0.3 is 0 Å². The van der Waals surface area contributed by atoms with Gasteiger partial charge < -0.3 is 14.4 Å². The van der Waals surface area contributed by atoms with E-state index in [0.29, 0.717) is 16.8 Å². The molecule has 1 N–H and O–H groups in total. The number of pyridine rings is 2. The Balaban J connectivity index is 2.73. The van der Waals surface area contributed by atoms with Crippen LogP contribution in [0.4, 0.5) is 0 Å². The minimum absolute atomic E-state index is 0.0987. The highest BCUT2D eigenvalue weighted by Crippen LogP contribution is 2.30. The summed E-state index contributed by atoms with van der Waals surface area (Å²) in [6.45, 7) is 4.02. The number of aliphatic hydroxyl groups excluding tert-OH is 1. The van der Waals surface area contributed by atoms with E-state index in [1.54, 1.807) is 19.2 Å². The first-order chi connectivity index (χ1) is 9.45. The lowest BCUT2D eigenvalue weighted by atomic mass is 10.0. The van der Waals surface area contributed by atoms with Crippen molar-refractivity contribution in [3.05, 3.63) is 33.2 Å². The van der Waals surface area contributed by atoms with Crippen molar-refractivity contribution >= 4 is 22.6 Å². The third-order valence-corrected chi connectivity index (χ3v) is 3.41. The SMILES string of the molecule is CC(C)c1cc(=O)n(C)c2cc(OCCO)c(Cl)nc12. The lowest BCUT2D eigenvalue weighted by molar-refractivity contribution is 0.201. The lowest BCUT2D eigenvalue weighted by Crippen LogP contribution is -2.18. The number of hydrogen-bond donors (Lipinski definition) is 1. The van der Waals surface area contributed by atoms with Crippen LogP contribution in [0.15, 0.2) is 16.9 Å². The summed E-state index contributed by atoms with van der Waals surface area (Å²) >= 11 is 6.10. The van der Waals surface area contributed by atoms with E-state index in [2.05, 4.69) is 4.98 Å². The predicted molar refractivity (Wildman–Crippen MR) is 78.7 cm³/mol. The molecule has 0 aliphatic carbocycles. The van der Waals surface area contributed by atoms with Gasteiger partial charge in [-0.15, -0.1) is 0 Å². The van der Waals surface area contributed by atoms with Gasteiger partial charge in [0.15, 0.2) is 10.9 Å². The number of aromatic nitrogens is 2. The van der Waals surface area contributed by atoms with Crippen molar-refractivity contribution in [1.29, 1.82) is 0 Å². The maximum Gasteiger partial charge on any atom is 0.251 e. The summed E-state index contributed by atoms with van der Waals surface area (Å²) in [5, 5.41) is 9.03. The van der Waals surface area contributed by atoms with Crippen molar-refractivity contribution in [2.75, 3.05) is 13.2 Å². The van der Waals surface area contributed by atoms with Crippen LogP contribution in [0.25, 0.3) is 11.0 Å². The fraction of sp³-hybridized carbons (Fsp3) is 0.429. The molecule has 0 aliphatic heterocycles. The van der Waals surface area contributed by atoms with E-state index >= 15 is 0 Å². The van der Waals surface area contributed by atoms with Crippen molar-refractivity contribution in [3.8, 4) is 5.75 Å². The summed E-state index contributed by atoms with van der Waals surface area (Å²) in [6.07, 6.45) is 0. The monoisotopic (exact) mass is 296 g/mol. The van der Waals surface area contributed by atoms with Crippen LogP contribution in [0, 0.1) is 0 Å². The number of halogens is 1. The fourth-order valence-electron chi connectivity index (χ4n) is 2.04. The molecule has 0 saturated heterocycles. The summed E-state index contributed by atoms with van der Waals surface area (Å²) in [7, 11) is 1.68. The normalized spacial score (nSPS) is 11.3. The third kappa shape index (κ3) is 2.64. The highest BCUT2D eigenvalue weighted by molar-refractivity contribution is 6.31. The number of aliphatic hydroxyl groups is 1. The first-order valence-corrected chi connectivity index (χ1v) is 6.77. The Labute approximate surface area is 121 Å². The van der Waals surface area contributed by atoms with Gasteiger partial charge in [-0.1, -0.05) is 25.4 Å². The first-order valence-electron chi connectivity index (χ1n) is 6.39. The summed E-state index contributed by atoms with van der Waals surface area (Å²) in [5.41, 5.74) is 2.12. The van der Waals surface area contributed by atoms with Gasteiger partial charge in [-0.2, -0.15) is 0 Å². The molecule has 6 heteroatoms. The molecule has 0 aliphatic rings. The van der Waals surface area contributed by atoms with E-state index < -0.39 is 0 Å². The molecule has 0 unspecified atom stereocenters. The van der Waals surface area contributed by atoms with E-state index in [4.69, 9.17) is 21.4 Å². The van der Waals surface area contributed by atoms with E-state index in [0.717, 1.165) is 5.56 Å². The Bertz CT molecular complexity index is 695. The summed E-state index contributed by atoms with van der Waals surface area (Å²) in [4.78, 5) is 16.3. The second-order valence-corrected chi connectivity index (χ2v) is 5.23. The second kappa shape index (κ2) is 5.81. The van der Waals surface area contributed by atoms with Gasteiger partial charge in [0.1, 0.15) is 6.61 Å². The molecule has 0 atom stereocenters. The Kier molecular flexibility index (Phi) is 4.30. The summed E-state index contributed by atoms with van der Waals surface area (Å²) in [5.74, 6) is 0.531. The molecule has 2 aromatic rings. The number of rotatable bonds is 4. The van der Waals surface area contributed by atoms with E-state index in [9.17, 15) is 4.79 Å². The highest BCUT2D eigenvalue weighted by Gasteiger charge is 2.14. The van der Waals surface area contributed by atoms with E-state index in [1.807, 2.05) is 13.8 Å². The molecule has 0 amide bonds. The molecule has 0 fully saturated rings. The van der Waals surface area contributed by atoms with Crippen LogP contribution in [0.1, 0.15) is 25.3 Å². The molecule has 5 nitrogen and oxygen atoms in total. The molecular formula is C14H17ClN2O3. The molecule has 2 heterocycles.